The van der Waals surface area contributed by atoms with Crippen LogP contribution in [0.25, 0.3) is 0 Å². The fourth-order valence-corrected chi connectivity index (χ4v) is 1.88. The maximum Gasteiger partial charge on any atom is 0.0590 e. The monoisotopic (exact) mass is 228 g/mol. The first kappa shape index (κ1) is 13.9. The maximum atomic E-state index is 5.48. The molecule has 1 aliphatic rings. The molecule has 0 aromatic carbocycles. The van der Waals surface area contributed by atoms with E-state index in [9.17, 15) is 0 Å². The average Bonchev–Trinajstić information content (AvgIpc) is 2.19. The summed E-state index contributed by atoms with van der Waals surface area (Å²) in [5.41, 5.74) is 0. The minimum Gasteiger partial charge on any atom is -0.380 e. The predicted molar refractivity (Wildman–Crippen MR) is 68.9 cm³/mol. The van der Waals surface area contributed by atoms with Gasteiger partial charge in [-0.15, -0.1) is 0 Å². The highest BCUT2D eigenvalue weighted by atomic mass is 16.5. The van der Waals surface area contributed by atoms with Gasteiger partial charge < -0.3 is 15.0 Å². The van der Waals surface area contributed by atoms with Gasteiger partial charge in [-0.3, -0.25) is 0 Å². The van der Waals surface area contributed by atoms with E-state index in [1.54, 1.807) is 0 Å². The lowest BCUT2D eigenvalue weighted by atomic mass is 9.92. The molecule has 1 rings (SSSR count). The molecule has 96 valence electrons. The Kier molecular flexibility index (Phi) is 7.81. The molecule has 0 heterocycles. The van der Waals surface area contributed by atoms with Crippen LogP contribution in [0, 0.1) is 0 Å². The number of hydrogen-bond acceptors (Lipinski definition) is 3. The molecule has 0 spiro atoms. The summed E-state index contributed by atoms with van der Waals surface area (Å²) in [6, 6.07) is 0.864. The summed E-state index contributed by atoms with van der Waals surface area (Å²) in [5.74, 6) is 0. The summed E-state index contributed by atoms with van der Waals surface area (Å²) in [6.07, 6.45) is 6.63. The van der Waals surface area contributed by atoms with E-state index < -0.39 is 0 Å². The van der Waals surface area contributed by atoms with Crippen molar-refractivity contribution in [3.05, 3.63) is 0 Å². The van der Waals surface area contributed by atoms with E-state index in [2.05, 4.69) is 24.2 Å². The number of likely N-dealkylation sites (N-methyl/N-ethyl adjacent to an activating group) is 1. The Morgan fingerprint density at radius 2 is 2.06 bits per heavy atom. The van der Waals surface area contributed by atoms with E-state index in [0.717, 1.165) is 32.3 Å². The van der Waals surface area contributed by atoms with Crippen LogP contribution in [0.5, 0.6) is 0 Å². The average molecular weight is 228 g/mol. The van der Waals surface area contributed by atoms with Crippen LogP contribution in [0.2, 0.25) is 0 Å². The summed E-state index contributed by atoms with van der Waals surface area (Å²) in [5, 5.41) is 3.43. The molecule has 0 unspecified atom stereocenters. The highest BCUT2D eigenvalue weighted by Crippen LogP contribution is 2.22. The van der Waals surface area contributed by atoms with Gasteiger partial charge in [-0.05, 0) is 26.3 Å². The molecule has 0 saturated heterocycles. The highest BCUT2D eigenvalue weighted by Gasteiger charge is 2.20. The van der Waals surface area contributed by atoms with Crippen LogP contribution in [-0.2, 0) is 4.74 Å². The summed E-state index contributed by atoms with van der Waals surface area (Å²) >= 11 is 0. The zero-order valence-corrected chi connectivity index (χ0v) is 11.0. The molecular formula is C13H28N2O. The molecule has 0 amide bonds. The Labute approximate surface area is 101 Å². The van der Waals surface area contributed by atoms with E-state index >= 15 is 0 Å². The lowest BCUT2D eigenvalue weighted by Crippen LogP contribution is -2.41. The molecule has 0 aliphatic heterocycles. The van der Waals surface area contributed by atoms with Gasteiger partial charge >= 0.3 is 0 Å². The Morgan fingerprint density at radius 3 is 2.69 bits per heavy atom. The lowest BCUT2D eigenvalue weighted by Gasteiger charge is -2.34. The molecule has 16 heavy (non-hydrogen) atoms. The van der Waals surface area contributed by atoms with Gasteiger partial charge in [0.05, 0.1) is 6.61 Å². The van der Waals surface area contributed by atoms with Gasteiger partial charge in [0.1, 0.15) is 0 Å². The third kappa shape index (κ3) is 5.83. The second-order valence-corrected chi connectivity index (χ2v) is 4.78. The molecule has 1 aliphatic carbocycles. The molecule has 3 heteroatoms. The zero-order valence-electron chi connectivity index (χ0n) is 11.0. The first-order valence-electron chi connectivity index (χ1n) is 6.83. The molecule has 3 nitrogen and oxygen atoms in total. The standard InChI is InChI=1S/C13H28N2O/c1-3-4-11-16-12-9-14-8-10-15(2)13-6-5-7-13/h13-14H,3-12H2,1-2H3. The quantitative estimate of drug-likeness (QED) is 0.578. The number of ether oxygens (including phenoxy) is 1. The van der Waals surface area contributed by atoms with Crippen molar-refractivity contribution in [1.29, 1.82) is 0 Å². The number of nitrogens with one attached hydrogen (secondary N) is 1. The van der Waals surface area contributed by atoms with E-state index in [4.69, 9.17) is 4.74 Å². The normalized spacial score (nSPS) is 16.7. The second kappa shape index (κ2) is 8.97. The molecule has 1 N–H and O–H groups in total. The van der Waals surface area contributed by atoms with Crippen molar-refractivity contribution >= 4 is 0 Å². The van der Waals surface area contributed by atoms with Gasteiger partial charge in [0.15, 0.2) is 0 Å². The van der Waals surface area contributed by atoms with Crippen LogP contribution in [0.15, 0.2) is 0 Å². The van der Waals surface area contributed by atoms with Crippen LogP contribution >= 0.6 is 0 Å². The van der Waals surface area contributed by atoms with Crippen LogP contribution in [0.4, 0.5) is 0 Å². The van der Waals surface area contributed by atoms with Crippen molar-refractivity contribution in [2.24, 2.45) is 0 Å². The molecule has 0 radical (unpaired) electrons. The van der Waals surface area contributed by atoms with Crippen molar-refractivity contribution in [2.75, 3.05) is 39.9 Å². The fourth-order valence-electron chi connectivity index (χ4n) is 1.88. The molecule has 0 aromatic rings. The van der Waals surface area contributed by atoms with Gasteiger partial charge in [0, 0.05) is 32.3 Å². The van der Waals surface area contributed by atoms with E-state index in [-0.39, 0.29) is 0 Å². The van der Waals surface area contributed by atoms with Crippen molar-refractivity contribution in [1.82, 2.24) is 10.2 Å². The lowest BCUT2D eigenvalue weighted by molar-refractivity contribution is 0.129. The SMILES string of the molecule is CCCCOCCNCCN(C)C1CCC1. The van der Waals surface area contributed by atoms with Crippen molar-refractivity contribution in [3.8, 4) is 0 Å². The Morgan fingerprint density at radius 1 is 1.25 bits per heavy atom. The van der Waals surface area contributed by atoms with Crippen molar-refractivity contribution in [2.45, 2.75) is 45.1 Å². The van der Waals surface area contributed by atoms with Gasteiger partial charge in [0.2, 0.25) is 0 Å². The number of nitrogens with zero attached hydrogens (tertiary/aromatic N) is 1. The molecule has 0 aromatic heterocycles. The molecule has 1 fully saturated rings. The maximum absolute atomic E-state index is 5.48. The van der Waals surface area contributed by atoms with Crippen molar-refractivity contribution < 1.29 is 4.74 Å². The van der Waals surface area contributed by atoms with Crippen LogP contribution in [0.1, 0.15) is 39.0 Å². The third-order valence-corrected chi connectivity index (χ3v) is 3.40. The van der Waals surface area contributed by atoms with E-state index in [1.807, 2.05) is 0 Å². The van der Waals surface area contributed by atoms with Gasteiger partial charge in [-0.1, -0.05) is 19.8 Å². The Balaban J connectivity index is 1.77. The molecular weight excluding hydrogens is 200 g/mol. The fraction of sp³-hybridized carbons (Fsp3) is 1.00. The Bertz CT molecular complexity index is 160. The topological polar surface area (TPSA) is 24.5 Å². The van der Waals surface area contributed by atoms with E-state index in [0.29, 0.717) is 0 Å². The highest BCUT2D eigenvalue weighted by molar-refractivity contribution is 4.77. The number of unbranched alkanes of at least 4 members (excludes halogenated alkanes) is 1. The largest absolute Gasteiger partial charge is 0.380 e. The number of rotatable bonds is 10. The van der Waals surface area contributed by atoms with Crippen molar-refractivity contribution in [3.63, 3.8) is 0 Å². The first-order valence-corrected chi connectivity index (χ1v) is 6.83. The summed E-state index contributed by atoms with van der Waals surface area (Å²) in [7, 11) is 2.24. The second-order valence-electron chi connectivity index (χ2n) is 4.78. The van der Waals surface area contributed by atoms with Crippen LogP contribution in [-0.4, -0.2) is 50.8 Å². The first-order chi connectivity index (χ1) is 7.84. The summed E-state index contributed by atoms with van der Waals surface area (Å²) in [4.78, 5) is 2.48. The molecule has 0 bridgehead atoms. The smallest absolute Gasteiger partial charge is 0.0590 e. The molecule has 1 saturated carbocycles. The van der Waals surface area contributed by atoms with Crippen LogP contribution < -0.4 is 5.32 Å². The Hall–Kier alpha value is -0.120. The van der Waals surface area contributed by atoms with Crippen LogP contribution in [0.3, 0.4) is 0 Å². The summed E-state index contributed by atoms with van der Waals surface area (Å²) in [6.45, 7) is 7.21. The third-order valence-electron chi connectivity index (χ3n) is 3.40. The minimum absolute atomic E-state index is 0.854. The molecule has 0 atom stereocenters. The van der Waals surface area contributed by atoms with E-state index in [1.165, 1.54) is 38.6 Å². The summed E-state index contributed by atoms with van der Waals surface area (Å²) < 4.78 is 5.48. The zero-order chi connectivity index (χ0) is 11.6. The predicted octanol–water partition coefficient (Wildman–Crippen LogP) is 1.88. The van der Waals surface area contributed by atoms with Gasteiger partial charge in [-0.25, -0.2) is 0 Å². The minimum atomic E-state index is 0.854. The number of hydrogen-bond donors (Lipinski definition) is 1. The van der Waals surface area contributed by atoms with Gasteiger partial charge in [0.25, 0.3) is 0 Å². The van der Waals surface area contributed by atoms with Gasteiger partial charge in [-0.2, -0.15) is 0 Å².